The Labute approximate surface area is 135 Å². The van der Waals surface area contributed by atoms with Gasteiger partial charge in [0.05, 0.1) is 11.9 Å². The molecule has 1 aromatic carbocycles. The molecule has 0 spiro atoms. The van der Waals surface area contributed by atoms with E-state index in [9.17, 15) is 9.50 Å². The minimum absolute atomic E-state index is 0.129. The molecule has 0 radical (unpaired) electrons. The van der Waals surface area contributed by atoms with Crippen molar-refractivity contribution in [1.29, 1.82) is 0 Å². The van der Waals surface area contributed by atoms with E-state index in [-0.39, 0.29) is 11.9 Å². The molecule has 1 atom stereocenters. The Balaban J connectivity index is 1.64. The lowest BCUT2D eigenvalue weighted by atomic mass is 9.87. The van der Waals surface area contributed by atoms with Crippen LogP contribution in [0.25, 0.3) is 11.3 Å². The van der Waals surface area contributed by atoms with Gasteiger partial charge < -0.3 is 19.6 Å². The molecule has 5 heteroatoms. The number of nitrogens with one attached hydrogen (secondary N) is 1. The van der Waals surface area contributed by atoms with E-state index in [0.29, 0.717) is 49.5 Å². The molecule has 1 aromatic heterocycles. The summed E-state index contributed by atoms with van der Waals surface area (Å²) in [6.07, 6.45) is 2.77. The van der Waals surface area contributed by atoms with Crippen molar-refractivity contribution in [1.82, 2.24) is 5.32 Å². The Morgan fingerprint density at radius 2 is 2.09 bits per heavy atom. The topological polar surface area (TPSA) is 54.6 Å². The maximum absolute atomic E-state index is 14.3. The van der Waals surface area contributed by atoms with Crippen molar-refractivity contribution >= 4 is 0 Å². The molecular weight excluding hydrogens is 297 g/mol. The van der Waals surface area contributed by atoms with Gasteiger partial charge in [0.15, 0.2) is 0 Å². The third-order valence-corrected chi connectivity index (χ3v) is 4.62. The van der Waals surface area contributed by atoms with Gasteiger partial charge in [-0.2, -0.15) is 0 Å². The van der Waals surface area contributed by atoms with Crippen molar-refractivity contribution in [2.24, 2.45) is 0 Å². The smallest absolute Gasteiger partial charge is 0.133 e. The van der Waals surface area contributed by atoms with Crippen LogP contribution in [0, 0.1) is 5.82 Å². The SMILES string of the molecule is CC(NCc1ccc(-c2ccco2)cc1F)C1(O)CCOCC1. The van der Waals surface area contributed by atoms with Gasteiger partial charge in [0.1, 0.15) is 11.6 Å². The third kappa shape index (κ3) is 3.63. The zero-order valence-electron chi connectivity index (χ0n) is 13.2. The first-order valence-electron chi connectivity index (χ1n) is 7.94. The van der Waals surface area contributed by atoms with Crippen LogP contribution in [0.1, 0.15) is 25.3 Å². The Hall–Kier alpha value is -1.69. The molecule has 1 unspecified atom stereocenters. The molecule has 1 saturated heterocycles. The van der Waals surface area contributed by atoms with Gasteiger partial charge in [-0.1, -0.05) is 12.1 Å². The third-order valence-electron chi connectivity index (χ3n) is 4.62. The Morgan fingerprint density at radius 1 is 1.30 bits per heavy atom. The molecule has 23 heavy (non-hydrogen) atoms. The maximum atomic E-state index is 14.3. The molecule has 0 saturated carbocycles. The van der Waals surface area contributed by atoms with E-state index in [0.717, 1.165) is 0 Å². The van der Waals surface area contributed by atoms with Gasteiger partial charge in [-0.25, -0.2) is 4.39 Å². The van der Waals surface area contributed by atoms with E-state index >= 15 is 0 Å². The fraction of sp³-hybridized carbons (Fsp3) is 0.444. The van der Waals surface area contributed by atoms with Crippen molar-refractivity contribution < 1.29 is 18.7 Å². The predicted molar refractivity (Wildman–Crippen MR) is 85.4 cm³/mol. The van der Waals surface area contributed by atoms with Crippen molar-refractivity contribution in [3.05, 3.63) is 48.0 Å². The zero-order chi connectivity index (χ0) is 16.3. The molecule has 1 aliphatic heterocycles. The number of hydrogen-bond donors (Lipinski definition) is 2. The monoisotopic (exact) mass is 319 g/mol. The number of aliphatic hydroxyl groups is 1. The van der Waals surface area contributed by atoms with Crippen LogP contribution in [-0.2, 0) is 11.3 Å². The highest BCUT2D eigenvalue weighted by Crippen LogP contribution is 2.25. The number of halogens is 1. The lowest BCUT2D eigenvalue weighted by Crippen LogP contribution is -2.52. The van der Waals surface area contributed by atoms with Crippen LogP contribution in [0.15, 0.2) is 41.0 Å². The maximum Gasteiger partial charge on any atom is 0.133 e. The largest absolute Gasteiger partial charge is 0.464 e. The zero-order valence-corrected chi connectivity index (χ0v) is 13.2. The van der Waals surface area contributed by atoms with Gasteiger partial charge in [0, 0.05) is 49.8 Å². The van der Waals surface area contributed by atoms with E-state index < -0.39 is 5.60 Å². The molecule has 0 amide bonds. The molecule has 2 heterocycles. The molecule has 0 aliphatic carbocycles. The van der Waals surface area contributed by atoms with Gasteiger partial charge in [0.2, 0.25) is 0 Å². The van der Waals surface area contributed by atoms with E-state index in [1.54, 1.807) is 24.5 Å². The van der Waals surface area contributed by atoms with Gasteiger partial charge in [-0.15, -0.1) is 0 Å². The summed E-state index contributed by atoms with van der Waals surface area (Å²) in [4.78, 5) is 0. The van der Waals surface area contributed by atoms with Crippen LogP contribution in [0.4, 0.5) is 4.39 Å². The van der Waals surface area contributed by atoms with Crippen molar-refractivity contribution in [3.8, 4) is 11.3 Å². The number of hydrogen-bond acceptors (Lipinski definition) is 4. The second-order valence-corrected chi connectivity index (χ2v) is 6.10. The quantitative estimate of drug-likeness (QED) is 0.889. The Bertz CT molecular complexity index is 636. The summed E-state index contributed by atoms with van der Waals surface area (Å²) in [5, 5.41) is 13.8. The van der Waals surface area contributed by atoms with Crippen molar-refractivity contribution in [2.45, 2.75) is 38.0 Å². The molecule has 1 fully saturated rings. The fourth-order valence-electron chi connectivity index (χ4n) is 2.90. The van der Waals surface area contributed by atoms with Gasteiger partial charge >= 0.3 is 0 Å². The van der Waals surface area contributed by atoms with Crippen LogP contribution in [0.2, 0.25) is 0 Å². The van der Waals surface area contributed by atoms with Gasteiger partial charge in [-0.05, 0) is 25.1 Å². The summed E-state index contributed by atoms with van der Waals surface area (Å²) in [5.74, 6) is 0.367. The highest BCUT2D eigenvalue weighted by atomic mass is 19.1. The standard InChI is InChI=1S/C18H22FNO3/c1-13(18(21)6-9-22-10-7-18)20-12-15-5-4-14(11-16(15)19)17-3-2-8-23-17/h2-5,8,11,13,20-21H,6-7,9-10,12H2,1H3. The van der Waals surface area contributed by atoms with Crippen LogP contribution in [0.5, 0.6) is 0 Å². The molecule has 4 nitrogen and oxygen atoms in total. The van der Waals surface area contributed by atoms with Gasteiger partial charge in [-0.3, -0.25) is 0 Å². The molecule has 1 aliphatic rings. The molecule has 124 valence electrons. The predicted octanol–water partition coefficient (Wildman–Crippen LogP) is 3.11. The second-order valence-electron chi connectivity index (χ2n) is 6.10. The van der Waals surface area contributed by atoms with Crippen LogP contribution in [0.3, 0.4) is 0 Å². The molecule has 2 aromatic rings. The lowest BCUT2D eigenvalue weighted by molar-refractivity contribution is -0.0819. The van der Waals surface area contributed by atoms with Crippen molar-refractivity contribution in [2.75, 3.05) is 13.2 Å². The van der Waals surface area contributed by atoms with E-state index in [2.05, 4.69) is 5.32 Å². The van der Waals surface area contributed by atoms with Crippen LogP contribution < -0.4 is 5.32 Å². The van der Waals surface area contributed by atoms with Crippen molar-refractivity contribution in [3.63, 3.8) is 0 Å². The average Bonchev–Trinajstić information content (AvgIpc) is 3.08. The second kappa shape index (κ2) is 6.83. The highest BCUT2D eigenvalue weighted by Gasteiger charge is 2.35. The average molecular weight is 319 g/mol. The summed E-state index contributed by atoms with van der Waals surface area (Å²) >= 11 is 0. The van der Waals surface area contributed by atoms with E-state index in [1.807, 2.05) is 13.0 Å². The molecular formula is C18H22FNO3. The summed E-state index contributed by atoms with van der Waals surface area (Å²) in [7, 11) is 0. The molecule has 2 N–H and O–H groups in total. The minimum atomic E-state index is -0.789. The summed E-state index contributed by atoms with van der Waals surface area (Å²) in [5.41, 5.74) is 0.498. The number of rotatable bonds is 5. The molecule has 0 bridgehead atoms. The van der Waals surface area contributed by atoms with Gasteiger partial charge in [0.25, 0.3) is 0 Å². The summed E-state index contributed by atoms with van der Waals surface area (Å²) in [6.45, 7) is 3.43. The minimum Gasteiger partial charge on any atom is -0.464 e. The lowest BCUT2D eigenvalue weighted by Gasteiger charge is -2.37. The fourth-order valence-corrected chi connectivity index (χ4v) is 2.90. The first kappa shape index (κ1) is 16.2. The van der Waals surface area contributed by atoms with E-state index in [1.165, 1.54) is 6.07 Å². The van der Waals surface area contributed by atoms with E-state index in [4.69, 9.17) is 9.15 Å². The normalized spacial score (nSPS) is 18.7. The summed E-state index contributed by atoms with van der Waals surface area (Å²) < 4.78 is 24.8. The first-order chi connectivity index (χ1) is 11.1. The highest BCUT2D eigenvalue weighted by molar-refractivity contribution is 5.57. The number of benzene rings is 1. The first-order valence-corrected chi connectivity index (χ1v) is 7.94. The van der Waals surface area contributed by atoms with Crippen LogP contribution >= 0.6 is 0 Å². The number of furan rings is 1. The number of ether oxygens (including phenoxy) is 1. The Kier molecular flexibility index (Phi) is 4.80. The molecule has 3 rings (SSSR count). The summed E-state index contributed by atoms with van der Waals surface area (Å²) in [6, 6.07) is 8.52. The van der Waals surface area contributed by atoms with Crippen LogP contribution in [-0.4, -0.2) is 30.0 Å². The Morgan fingerprint density at radius 3 is 2.74 bits per heavy atom.